The highest BCUT2D eigenvalue weighted by molar-refractivity contribution is 7.98. The predicted molar refractivity (Wildman–Crippen MR) is 75.4 cm³/mol. The van der Waals surface area contributed by atoms with E-state index in [2.05, 4.69) is 49.4 Å². The standard InChI is InChI=1S/C13H22N2S/c1-11-4-6-12(7-5-11)15(2)13(10-14)8-9-16-3/h4-7,13H,8-10,14H2,1-3H3. The lowest BCUT2D eigenvalue weighted by molar-refractivity contribution is 0.623. The summed E-state index contributed by atoms with van der Waals surface area (Å²) in [6.07, 6.45) is 3.28. The second kappa shape index (κ2) is 6.81. The average molecular weight is 238 g/mol. The van der Waals surface area contributed by atoms with E-state index in [1.165, 1.54) is 11.3 Å². The lowest BCUT2D eigenvalue weighted by Crippen LogP contribution is -2.38. The maximum Gasteiger partial charge on any atom is 0.0416 e. The van der Waals surface area contributed by atoms with Gasteiger partial charge in [0.05, 0.1) is 0 Å². The van der Waals surface area contributed by atoms with E-state index in [9.17, 15) is 0 Å². The van der Waals surface area contributed by atoms with Crippen molar-refractivity contribution < 1.29 is 0 Å². The van der Waals surface area contributed by atoms with Gasteiger partial charge in [0.1, 0.15) is 0 Å². The second-order valence-electron chi connectivity index (χ2n) is 4.12. The molecule has 2 nitrogen and oxygen atoms in total. The molecule has 0 fully saturated rings. The van der Waals surface area contributed by atoms with Crippen molar-refractivity contribution in [2.75, 3.05) is 30.5 Å². The van der Waals surface area contributed by atoms with E-state index < -0.39 is 0 Å². The first-order valence-corrected chi connectivity index (χ1v) is 7.07. The van der Waals surface area contributed by atoms with Crippen LogP contribution in [0.2, 0.25) is 0 Å². The highest BCUT2D eigenvalue weighted by Crippen LogP contribution is 2.17. The molecule has 0 spiro atoms. The fourth-order valence-corrected chi connectivity index (χ4v) is 2.22. The van der Waals surface area contributed by atoms with Crippen molar-refractivity contribution in [3.63, 3.8) is 0 Å². The molecule has 0 bridgehead atoms. The van der Waals surface area contributed by atoms with Gasteiger partial charge in [-0.25, -0.2) is 0 Å². The Morgan fingerprint density at radius 2 is 1.94 bits per heavy atom. The van der Waals surface area contributed by atoms with Crippen molar-refractivity contribution >= 4 is 17.4 Å². The van der Waals surface area contributed by atoms with Gasteiger partial charge in [-0.15, -0.1) is 0 Å². The molecule has 0 radical (unpaired) electrons. The summed E-state index contributed by atoms with van der Waals surface area (Å²) in [5.74, 6) is 1.16. The summed E-state index contributed by atoms with van der Waals surface area (Å²) in [7, 11) is 2.13. The van der Waals surface area contributed by atoms with Gasteiger partial charge in [0, 0.05) is 25.3 Å². The van der Waals surface area contributed by atoms with Crippen molar-refractivity contribution in [1.29, 1.82) is 0 Å². The first-order valence-electron chi connectivity index (χ1n) is 5.67. The smallest absolute Gasteiger partial charge is 0.0416 e. The summed E-state index contributed by atoms with van der Waals surface area (Å²) < 4.78 is 0. The SMILES string of the molecule is CSCCC(CN)N(C)c1ccc(C)cc1. The largest absolute Gasteiger partial charge is 0.370 e. The van der Waals surface area contributed by atoms with Gasteiger partial charge in [-0.3, -0.25) is 0 Å². The minimum Gasteiger partial charge on any atom is -0.370 e. The number of anilines is 1. The fourth-order valence-electron chi connectivity index (χ4n) is 1.71. The minimum atomic E-state index is 0.440. The molecular weight excluding hydrogens is 216 g/mol. The van der Waals surface area contributed by atoms with E-state index in [0.29, 0.717) is 12.6 Å². The van der Waals surface area contributed by atoms with Gasteiger partial charge >= 0.3 is 0 Å². The Balaban J connectivity index is 2.66. The molecule has 1 unspecified atom stereocenters. The van der Waals surface area contributed by atoms with Gasteiger partial charge in [0.2, 0.25) is 0 Å². The summed E-state index contributed by atoms with van der Waals surface area (Å²) in [5, 5.41) is 0. The number of hydrogen-bond donors (Lipinski definition) is 1. The summed E-state index contributed by atoms with van der Waals surface area (Å²) in [6.45, 7) is 2.82. The lowest BCUT2D eigenvalue weighted by atomic mass is 10.1. The molecule has 2 N–H and O–H groups in total. The van der Waals surface area contributed by atoms with Crippen LogP contribution in [-0.2, 0) is 0 Å². The number of aryl methyl sites for hydroxylation is 1. The van der Waals surface area contributed by atoms with Gasteiger partial charge in [-0.05, 0) is 37.5 Å². The van der Waals surface area contributed by atoms with E-state index in [4.69, 9.17) is 5.73 Å². The monoisotopic (exact) mass is 238 g/mol. The van der Waals surface area contributed by atoms with E-state index in [0.717, 1.165) is 12.2 Å². The molecule has 0 aliphatic carbocycles. The van der Waals surface area contributed by atoms with Crippen LogP contribution in [0.25, 0.3) is 0 Å². The Kier molecular flexibility index (Phi) is 5.71. The van der Waals surface area contributed by atoms with Crippen molar-refractivity contribution in [2.24, 2.45) is 5.73 Å². The molecule has 1 atom stereocenters. The van der Waals surface area contributed by atoms with Crippen LogP contribution in [0.5, 0.6) is 0 Å². The Morgan fingerprint density at radius 3 is 2.44 bits per heavy atom. The highest BCUT2D eigenvalue weighted by atomic mass is 32.2. The summed E-state index contributed by atoms with van der Waals surface area (Å²) >= 11 is 1.88. The molecule has 0 saturated heterocycles. The van der Waals surface area contributed by atoms with E-state index in [1.807, 2.05) is 11.8 Å². The normalized spacial score (nSPS) is 12.5. The maximum absolute atomic E-state index is 5.83. The van der Waals surface area contributed by atoms with Crippen LogP contribution in [0.3, 0.4) is 0 Å². The average Bonchev–Trinajstić information content (AvgIpc) is 2.30. The Labute approximate surface area is 103 Å². The Hall–Kier alpha value is -0.670. The van der Waals surface area contributed by atoms with Crippen molar-refractivity contribution in [3.8, 4) is 0 Å². The van der Waals surface area contributed by atoms with Crippen LogP contribution in [0, 0.1) is 6.92 Å². The van der Waals surface area contributed by atoms with Gasteiger partial charge < -0.3 is 10.6 Å². The van der Waals surface area contributed by atoms with Crippen LogP contribution in [0.15, 0.2) is 24.3 Å². The van der Waals surface area contributed by atoms with Crippen molar-refractivity contribution in [1.82, 2.24) is 0 Å². The number of benzene rings is 1. The van der Waals surface area contributed by atoms with E-state index >= 15 is 0 Å². The first-order chi connectivity index (χ1) is 7.69. The minimum absolute atomic E-state index is 0.440. The maximum atomic E-state index is 5.83. The number of likely N-dealkylation sites (N-methyl/N-ethyl adjacent to an activating group) is 1. The third-order valence-corrected chi connectivity index (χ3v) is 3.56. The summed E-state index contributed by atoms with van der Waals surface area (Å²) in [4.78, 5) is 2.29. The zero-order chi connectivity index (χ0) is 12.0. The van der Waals surface area contributed by atoms with Gasteiger partial charge in [-0.2, -0.15) is 11.8 Å². The van der Waals surface area contributed by atoms with Crippen LogP contribution >= 0.6 is 11.8 Å². The third kappa shape index (κ3) is 3.72. The van der Waals surface area contributed by atoms with Gasteiger partial charge in [-0.1, -0.05) is 17.7 Å². The van der Waals surface area contributed by atoms with E-state index in [1.54, 1.807) is 0 Å². The number of rotatable bonds is 6. The molecule has 1 aromatic rings. The third-order valence-electron chi connectivity index (χ3n) is 2.92. The van der Waals surface area contributed by atoms with E-state index in [-0.39, 0.29) is 0 Å². The molecule has 0 aromatic heterocycles. The Bertz CT molecular complexity index is 297. The number of nitrogens with zero attached hydrogens (tertiary/aromatic N) is 1. The molecule has 90 valence electrons. The van der Waals surface area contributed by atoms with Crippen LogP contribution in [-0.4, -0.2) is 31.6 Å². The van der Waals surface area contributed by atoms with Gasteiger partial charge in [0.15, 0.2) is 0 Å². The number of nitrogens with two attached hydrogens (primary N) is 1. The molecule has 1 rings (SSSR count). The fraction of sp³-hybridized carbons (Fsp3) is 0.538. The van der Waals surface area contributed by atoms with Crippen LogP contribution in [0.4, 0.5) is 5.69 Å². The van der Waals surface area contributed by atoms with Gasteiger partial charge in [0.25, 0.3) is 0 Å². The van der Waals surface area contributed by atoms with Crippen molar-refractivity contribution in [2.45, 2.75) is 19.4 Å². The number of hydrogen-bond acceptors (Lipinski definition) is 3. The molecule has 3 heteroatoms. The molecule has 0 heterocycles. The molecule has 0 saturated carbocycles. The Morgan fingerprint density at radius 1 is 1.31 bits per heavy atom. The lowest BCUT2D eigenvalue weighted by Gasteiger charge is -2.29. The highest BCUT2D eigenvalue weighted by Gasteiger charge is 2.12. The molecule has 0 aliphatic rings. The molecule has 0 aliphatic heterocycles. The zero-order valence-electron chi connectivity index (χ0n) is 10.4. The first kappa shape index (κ1) is 13.4. The van der Waals surface area contributed by atoms with Crippen LogP contribution < -0.4 is 10.6 Å². The zero-order valence-corrected chi connectivity index (χ0v) is 11.3. The molecule has 16 heavy (non-hydrogen) atoms. The quantitative estimate of drug-likeness (QED) is 0.825. The molecular formula is C13H22N2S. The summed E-state index contributed by atoms with van der Waals surface area (Å²) in [5.41, 5.74) is 8.38. The summed E-state index contributed by atoms with van der Waals surface area (Å²) in [6, 6.07) is 9.06. The molecule has 0 amide bonds. The second-order valence-corrected chi connectivity index (χ2v) is 5.10. The van der Waals surface area contributed by atoms with Crippen LogP contribution in [0.1, 0.15) is 12.0 Å². The van der Waals surface area contributed by atoms with Crippen molar-refractivity contribution in [3.05, 3.63) is 29.8 Å². The molecule has 1 aromatic carbocycles. The number of thioether (sulfide) groups is 1. The topological polar surface area (TPSA) is 29.3 Å². The predicted octanol–water partition coefficient (Wildman–Crippen LogP) is 2.51.